The Kier molecular flexibility index (Phi) is 11.5. The molecule has 0 aromatic heterocycles. The highest BCUT2D eigenvalue weighted by Crippen LogP contribution is 2.23. The molecule has 0 aliphatic heterocycles. The predicted octanol–water partition coefficient (Wildman–Crippen LogP) is 4.35. The van der Waals surface area contributed by atoms with E-state index in [9.17, 15) is 14.4 Å². The summed E-state index contributed by atoms with van der Waals surface area (Å²) < 4.78 is 20.6. The van der Waals surface area contributed by atoms with Crippen molar-refractivity contribution in [3.05, 3.63) is 65.7 Å². The quantitative estimate of drug-likeness (QED) is 0.165. The lowest BCUT2D eigenvalue weighted by atomic mass is 10.0. The Morgan fingerprint density at radius 1 is 0.892 bits per heavy atom. The molecule has 0 spiro atoms. The fourth-order valence-electron chi connectivity index (χ4n) is 3.12. The van der Waals surface area contributed by atoms with Crippen LogP contribution in [0.5, 0.6) is 17.2 Å². The van der Waals surface area contributed by atoms with Crippen molar-refractivity contribution < 1.29 is 38.4 Å². The molecule has 2 amide bonds. The molecule has 10 heteroatoms. The summed E-state index contributed by atoms with van der Waals surface area (Å²) >= 11 is 0. The SMILES string of the molecule is COc1cc(/C=C/C=C/c2ccc(OC(=O)OCCNC(=O)C(NC(=O)O)C(C)C)cc2)cc(OC)c1. The predicted molar refractivity (Wildman–Crippen MR) is 139 cm³/mol. The van der Waals surface area contributed by atoms with Crippen molar-refractivity contribution in [2.45, 2.75) is 19.9 Å². The second kappa shape index (κ2) is 14.8. The zero-order chi connectivity index (χ0) is 27.2. The Balaban J connectivity index is 1.78. The Hall–Kier alpha value is -4.47. The third kappa shape index (κ3) is 10.4. The number of methoxy groups -OCH3 is 2. The molecule has 0 bridgehead atoms. The van der Waals surface area contributed by atoms with Gasteiger partial charge in [-0.1, -0.05) is 50.3 Å². The van der Waals surface area contributed by atoms with Crippen LogP contribution in [0.3, 0.4) is 0 Å². The van der Waals surface area contributed by atoms with E-state index in [0.717, 1.165) is 11.1 Å². The molecule has 198 valence electrons. The van der Waals surface area contributed by atoms with Crippen molar-refractivity contribution in [3.8, 4) is 17.2 Å². The Morgan fingerprint density at radius 3 is 2.03 bits per heavy atom. The zero-order valence-electron chi connectivity index (χ0n) is 21.2. The van der Waals surface area contributed by atoms with E-state index in [-0.39, 0.29) is 19.1 Å². The van der Waals surface area contributed by atoms with Gasteiger partial charge in [-0.25, -0.2) is 9.59 Å². The van der Waals surface area contributed by atoms with E-state index in [2.05, 4.69) is 10.6 Å². The molecule has 0 saturated heterocycles. The molecule has 10 nitrogen and oxygen atoms in total. The highest BCUT2D eigenvalue weighted by atomic mass is 16.7. The van der Waals surface area contributed by atoms with Gasteiger partial charge in [0.25, 0.3) is 0 Å². The number of carboxylic acid groups (broad SMARTS) is 1. The van der Waals surface area contributed by atoms with Crippen LogP contribution < -0.4 is 24.8 Å². The molecular formula is C27H32N2O8. The van der Waals surface area contributed by atoms with E-state index >= 15 is 0 Å². The summed E-state index contributed by atoms with van der Waals surface area (Å²) in [5.74, 6) is 0.962. The highest BCUT2D eigenvalue weighted by molar-refractivity contribution is 5.85. The summed E-state index contributed by atoms with van der Waals surface area (Å²) in [7, 11) is 3.20. The van der Waals surface area contributed by atoms with Crippen LogP contribution in [0.1, 0.15) is 25.0 Å². The number of benzene rings is 2. The van der Waals surface area contributed by atoms with Crippen LogP contribution in [0.15, 0.2) is 54.6 Å². The number of carbonyl (C=O) groups is 3. The van der Waals surface area contributed by atoms with Crippen molar-refractivity contribution in [2.24, 2.45) is 5.92 Å². The number of allylic oxidation sites excluding steroid dienone is 2. The minimum absolute atomic E-state index is 0.0121. The van der Waals surface area contributed by atoms with E-state index < -0.39 is 24.2 Å². The Morgan fingerprint density at radius 2 is 1.49 bits per heavy atom. The van der Waals surface area contributed by atoms with Crippen LogP contribution >= 0.6 is 0 Å². The normalized spacial score (nSPS) is 11.8. The lowest BCUT2D eigenvalue weighted by Crippen LogP contribution is -2.49. The molecule has 0 radical (unpaired) electrons. The highest BCUT2D eigenvalue weighted by Gasteiger charge is 2.23. The zero-order valence-corrected chi connectivity index (χ0v) is 21.2. The summed E-state index contributed by atoms with van der Waals surface area (Å²) in [4.78, 5) is 34.8. The number of carbonyl (C=O) groups excluding carboxylic acids is 2. The van der Waals surface area contributed by atoms with E-state index in [1.807, 2.05) is 36.4 Å². The van der Waals surface area contributed by atoms with Crippen LogP contribution in [0.25, 0.3) is 12.2 Å². The van der Waals surface area contributed by atoms with Crippen molar-refractivity contribution >= 4 is 30.3 Å². The van der Waals surface area contributed by atoms with Crippen molar-refractivity contribution in [3.63, 3.8) is 0 Å². The summed E-state index contributed by atoms with van der Waals surface area (Å²) in [5.41, 5.74) is 1.82. The molecular weight excluding hydrogens is 480 g/mol. The molecule has 2 rings (SSSR count). The maximum absolute atomic E-state index is 12.1. The minimum atomic E-state index is -1.29. The summed E-state index contributed by atoms with van der Waals surface area (Å²) in [6.07, 6.45) is 5.36. The standard InChI is InChI=1S/C27H32N2O8/c1-18(2)24(29-26(31)32)25(30)28-13-14-36-27(33)37-21-11-9-19(10-12-21)7-5-6-8-20-15-22(34-3)17-23(16-20)35-4/h5-12,15-18,24,29H,13-14H2,1-4H3,(H,28,30)(H,31,32)/b7-5+,8-6+. The van der Waals surface area contributed by atoms with E-state index in [1.54, 1.807) is 58.4 Å². The summed E-state index contributed by atoms with van der Waals surface area (Å²) in [6, 6.07) is 11.5. The van der Waals surface area contributed by atoms with Gasteiger partial charge in [0.2, 0.25) is 5.91 Å². The second-order valence-electron chi connectivity index (χ2n) is 8.10. The van der Waals surface area contributed by atoms with Gasteiger partial charge in [-0.3, -0.25) is 4.79 Å². The van der Waals surface area contributed by atoms with Crippen LogP contribution in [0.2, 0.25) is 0 Å². The number of hydrogen-bond acceptors (Lipinski definition) is 7. The maximum atomic E-state index is 12.1. The lowest BCUT2D eigenvalue weighted by molar-refractivity contribution is -0.124. The smallest absolute Gasteiger partial charge is 0.497 e. The second-order valence-corrected chi connectivity index (χ2v) is 8.10. The molecule has 1 unspecified atom stereocenters. The molecule has 0 saturated carbocycles. The van der Waals surface area contributed by atoms with E-state index in [4.69, 9.17) is 24.1 Å². The molecule has 0 aliphatic carbocycles. The number of nitrogens with one attached hydrogen (secondary N) is 2. The molecule has 0 fully saturated rings. The van der Waals surface area contributed by atoms with Crippen molar-refractivity contribution in [1.29, 1.82) is 0 Å². The van der Waals surface area contributed by atoms with Gasteiger partial charge in [-0.2, -0.15) is 0 Å². The average Bonchev–Trinajstić information content (AvgIpc) is 2.88. The Bertz CT molecular complexity index is 1090. The van der Waals surface area contributed by atoms with Gasteiger partial charge in [0.15, 0.2) is 0 Å². The van der Waals surface area contributed by atoms with Gasteiger partial charge < -0.3 is 34.7 Å². The maximum Gasteiger partial charge on any atom is 0.513 e. The van der Waals surface area contributed by atoms with Crippen molar-refractivity contribution in [1.82, 2.24) is 10.6 Å². The van der Waals surface area contributed by atoms with Gasteiger partial charge >= 0.3 is 12.2 Å². The van der Waals surface area contributed by atoms with Crippen LogP contribution in [-0.2, 0) is 9.53 Å². The fourth-order valence-corrected chi connectivity index (χ4v) is 3.12. The number of hydrogen-bond donors (Lipinski definition) is 3. The first-order chi connectivity index (χ1) is 17.7. The number of ether oxygens (including phenoxy) is 4. The first kappa shape index (κ1) is 28.8. The van der Waals surface area contributed by atoms with Gasteiger partial charge in [-0.15, -0.1) is 0 Å². The Labute approximate surface area is 215 Å². The molecule has 2 aromatic carbocycles. The third-order valence-electron chi connectivity index (χ3n) is 4.99. The number of rotatable bonds is 12. The van der Waals surface area contributed by atoms with Crippen molar-refractivity contribution in [2.75, 3.05) is 27.4 Å². The molecule has 2 aromatic rings. The molecule has 37 heavy (non-hydrogen) atoms. The largest absolute Gasteiger partial charge is 0.513 e. The lowest BCUT2D eigenvalue weighted by Gasteiger charge is -2.19. The minimum Gasteiger partial charge on any atom is -0.497 e. The van der Waals surface area contributed by atoms with Crippen LogP contribution in [-0.4, -0.2) is 56.7 Å². The van der Waals surface area contributed by atoms with Crippen LogP contribution in [0.4, 0.5) is 9.59 Å². The first-order valence-corrected chi connectivity index (χ1v) is 11.5. The fraction of sp³-hybridized carbons (Fsp3) is 0.296. The van der Waals surface area contributed by atoms with Gasteiger partial charge in [0.1, 0.15) is 29.9 Å². The van der Waals surface area contributed by atoms with E-state index in [1.165, 1.54) is 0 Å². The first-order valence-electron chi connectivity index (χ1n) is 11.5. The average molecular weight is 513 g/mol. The van der Waals surface area contributed by atoms with E-state index in [0.29, 0.717) is 17.2 Å². The summed E-state index contributed by atoms with van der Waals surface area (Å²) in [5, 5.41) is 13.5. The van der Waals surface area contributed by atoms with Gasteiger partial charge in [-0.05, 0) is 41.3 Å². The molecule has 1 atom stereocenters. The summed E-state index contributed by atoms with van der Waals surface area (Å²) in [6.45, 7) is 3.31. The monoisotopic (exact) mass is 512 g/mol. The molecule has 3 N–H and O–H groups in total. The van der Waals surface area contributed by atoms with Gasteiger partial charge in [0.05, 0.1) is 20.8 Å². The third-order valence-corrected chi connectivity index (χ3v) is 4.99. The molecule has 0 heterocycles. The molecule has 0 aliphatic rings. The topological polar surface area (TPSA) is 132 Å². The number of amides is 2. The van der Waals surface area contributed by atoms with Crippen LogP contribution in [0, 0.1) is 5.92 Å². The van der Waals surface area contributed by atoms with Gasteiger partial charge in [0, 0.05) is 6.07 Å².